The lowest BCUT2D eigenvalue weighted by Crippen LogP contribution is -2.29. The number of anilines is 2. The third-order valence-electron chi connectivity index (χ3n) is 7.07. The van der Waals surface area contributed by atoms with Crippen molar-refractivity contribution >= 4 is 69.4 Å². The van der Waals surface area contributed by atoms with Crippen molar-refractivity contribution in [2.75, 3.05) is 10.2 Å². The standard InChI is InChI=1S/C30H28Cl3N5OS/c1-16(2)29(39)35-23-12-11-19(15-22(23)32)38-28(27(36-30(38)40)24-9-5-6-13-34-24)20-14-17(3)37(18(20)4)25-10-7-8-21(31)26(25)33/h5-16,27-28H,1-4H3,(H,35,39)(H,36,40)/t27-,28-/m1/s1. The number of pyridine rings is 1. The molecule has 0 aliphatic carbocycles. The molecule has 6 nitrogen and oxygen atoms in total. The summed E-state index contributed by atoms with van der Waals surface area (Å²) < 4.78 is 2.11. The maximum atomic E-state index is 12.3. The molecule has 0 spiro atoms. The van der Waals surface area contributed by atoms with Gasteiger partial charge in [0.15, 0.2) is 5.11 Å². The Labute approximate surface area is 254 Å². The predicted octanol–water partition coefficient (Wildman–Crippen LogP) is 8.22. The molecule has 1 saturated heterocycles. The Morgan fingerprint density at radius 3 is 2.48 bits per heavy atom. The second-order valence-corrected chi connectivity index (χ2v) is 11.6. The van der Waals surface area contributed by atoms with Crippen molar-refractivity contribution in [3.8, 4) is 5.69 Å². The number of benzene rings is 2. The summed E-state index contributed by atoms with van der Waals surface area (Å²) in [5.74, 6) is -0.272. The molecule has 0 saturated carbocycles. The molecule has 1 amide bonds. The fourth-order valence-electron chi connectivity index (χ4n) is 5.10. The van der Waals surface area contributed by atoms with E-state index >= 15 is 0 Å². The number of rotatable bonds is 6. The summed E-state index contributed by atoms with van der Waals surface area (Å²) in [7, 11) is 0. The van der Waals surface area contributed by atoms with E-state index in [9.17, 15) is 4.79 Å². The second kappa shape index (κ2) is 11.4. The van der Waals surface area contributed by atoms with Crippen LogP contribution in [0.4, 0.5) is 11.4 Å². The lowest BCUT2D eigenvalue weighted by molar-refractivity contribution is -0.118. The van der Waals surface area contributed by atoms with Gasteiger partial charge in [-0.05, 0) is 80.2 Å². The summed E-state index contributed by atoms with van der Waals surface area (Å²) in [5, 5.41) is 8.32. The van der Waals surface area contributed by atoms with E-state index in [-0.39, 0.29) is 23.9 Å². The van der Waals surface area contributed by atoms with E-state index in [0.717, 1.165) is 34.0 Å². The van der Waals surface area contributed by atoms with Gasteiger partial charge < -0.3 is 20.1 Å². The van der Waals surface area contributed by atoms with Gasteiger partial charge in [-0.25, -0.2) is 0 Å². The van der Waals surface area contributed by atoms with Gasteiger partial charge in [-0.2, -0.15) is 0 Å². The van der Waals surface area contributed by atoms with Crippen molar-refractivity contribution in [2.24, 2.45) is 5.92 Å². The van der Waals surface area contributed by atoms with Crippen LogP contribution < -0.4 is 15.5 Å². The Kier molecular flexibility index (Phi) is 8.11. The van der Waals surface area contributed by atoms with Crippen molar-refractivity contribution in [2.45, 2.75) is 39.8 Å². The van der Waals surface area contributed by atoms with Gasteiger partial charge >= 0.3 is 0 Å². The van der Waals surface area contributed by atoms with Gasteiger partial charge in [0.05, 0.1) is 44.2 Å². The number of carbonyl (C=O) groups is 1. The minimum atomic E-state index is -0.257. The summed E-state index contributed by atoms with van der Waals surface area (Å²) in [6, 6.07) is 18.7. The van der Waals surface area contributed by atoms with E-state index in [2.05, 4.69) is 38.1 Å². The first-order chi connectivity index (χ1) is 19.1. The Balaban J connectivity index is 1.64. The number of amides is 1. The molecule has 2 aromatic carbocycles. The summed E-state index contributed by atoms with van der Waals surface area (Å²) in [6.45, 7) is 7.77. The molecular weight excluding hydrogens is 585 g/mol. The molecule has 2 aromatic heterocycles. The van der Waals surface area contributed by atoms with E-state index in [1.54, 1.807) is 18.3 Å². The first-order valence-electron chi connectivity index (χ1n) is 12.8. The number of nitrogens with one attached hydrogen (secondary N) is 2. The number of aryl methyl sites for hydroxylation is 1. The molecule has 3 heterocycles. The monoisotopic (exact) mass is 611 g/mol. The highest BCUT2D eigenvalue weighted by atomic mass is 35.5. The topological polar surface area (TPSA) is 62.2 Å². The largest absolute Gasteiger partial charge is 0.351 e. The summed E-state index contributed by atoms with van der Waals surface area (Å²) >= 11 is 25.6. The minimum Gasteiger partial charge on any atom is -0.351 e. The molecule has 5 rings (SSSR count). The molecule has 4 aromatic rings. The van der Waals surface area contributed by atoms with Gasteiger partial charge in [-0.1, -0.05) is 60.8 Å². The van der Waals surface area contributed by atoms with Gasteiger partial charge in [0.2, 0.25) is 5.91 Å². The van der Waals surface area contributed by atoms with Crippen molar-refractivity contribution in [1.82, 2.24) is 14.9 Å². The fourth-order valence-corrected chi connectivity index (χ4v) is 6.05. The van der Waals surface area contributed by atoms with E-state index in [1.807, 2.05) is 63.2 Å². The van der Waals surface area contributed by atoms with Crippen molar-refractivity contribution in [1.29, 1.82) is 0 Å². The number of nitrogens with zero attached hydrogens (tertiary/aromatic N) is 3. The molecule has 1 aliphatic rings. The highest BCUT2D eigenvalue weighted by Gasteiger charge is 2.42. The van der Waals surface area contributed by atoms with Crippen molar-refractivity contribution < 1.29 is 4.79 Å². The molecule has 206 valence electrons. The van der Waals surface area contributed by atoms with E-state index < -0.39 is 0 Å². The van der Waals surface area contributed by atoms with Gasteiger partial charge in [0, 0.05) is 29.2 Å². The zero-order chi connectivity index (χ0) is 28.7. The smallest absolute Gasteiger partial charge is 0.226 e. The number of hydrogen-bond acceptors (Lipinski definition) is 3. The second-order valence-electron chi connectivity index (χ2n) is 10.0. The SMILES string of the molecule is Cc1cc([C@@H]2[C@@H](c3ccccn3)NC(=S)N2c2ccc(NC(=O)C(C)C)c(Cl)c2)c(C)n1-c1cccc(Cl)c1Cl. The molecule has 0 bridgehead atoms. The Morgan fingerprint density at radius 2 is 1.80 bits per heavy atom. The molecule has 2 N–H and O–H groups in total. The van der Waals surface area contributed by atoms with Crippen LogP contribution in [0.2, 0.25) is 15.1 Å². The number of carbonyl (C=O) groups excluding carboxylic acids is 1. The molecule has 0 radical (unpaired) electrons. The number of halogens is 3. The molecule has 2 atom stereocenters. The highest BCUT2D eigenvalue weighted by Crippen LogP contribution is 2.45. The van der Waals surface area contributed by atoms with Gasteiger partial charge in [0.25, 0.3) is 0 Å². The average Bonchev–Trinajstić information content (AvgIpc) is 3.42. The van der Waals surface area contributed by atoms with Crippen LogP contribution in [-0.2, 0) is 4.79 Å². The summed E-state index contributed by atoms with van der Waals surface area (Å²) in [6.07, 6.45) is 1.78. The summed E-state index contributed by atoms with van der Waals surface area (Å²) in [5.41, 5.74) is 6.04. The van der Waals surface area contributed by atoms with E-state index in [0.29, 0.717) is 25.9 Å². The van der Waals surface area contributed by atoms with Crippen molar-refractivity contribution in [3.63, 3.8) is 0 Å². The quantitative estimate of drug-likeness (QED) is 0.215. The maximum absolute atomic E-state index is 12.3. The molecule has 0 unspecified atom stereocenters. The van der Waals surface area contributed by atoms with Crippen LogP contribution in [0.1, 0.15) is 48.6 Å². The first kappa shape index (κ1) is 28.4. The normalized spacial score (nSPS) is 16.9. The first-order valence-corrected chi connectivity index (χ1v) is 14.4. The number of aromatic nitrogens is 2. The average molecular weight is 613 g/mol. The van der Waals surface area contributed by atoms with Gasteiger partial charge in [-0.15, -0.1) is 0 Å². The van der Waals surface area contributed by atoms with E-state index in [4.69, 9.17) is 47.0 Å². The maximum Gasteiger partial charge on any atom is 0.226 e. The van der Waals surface area contributed by atoms with Crippen LogP contribution in [-0.4, -0.2) is 20.6 Å². The van der Waals surface area contributed by atoms with Crippen LogP contribution >= 0.6 is 47.0 Å². The lowest BCUT2D eigenvalue weighted by Gasteiger charge is -2.28. The fraction of sp³-hybridized carbons (Fsp3) is 0.233. The molecule has 1 fully saturated rings. The van der Waals surface area contributed by atoms with Crippen LogP contribution in [0.3, 0.4) is 0 Å². The Bertz CT molecular complexity index is 1600. The molecule has 1 aliphatic heterocycles. The van der Waals surface area contributed by atoms with Crippen LogP contribution in [0.25, 0.3) is 5.69 Å². The zero-order valence-electron chi connectivity index (χ0n) is 22.4. The zero-order valence-corrected chi connectivity index (χ0v) is 25.5. The van der Waals surface area contributed by atoms with Crippen molar-refractivity contribution in [3.05, 3.63) is 105 Å². The van der Waals surface area contributed by atoms with Gasteiger partial charge in [0.1, 0.15) is 0 Å². The number of thiocarbonyl (C=S) groups is 1. The van der Waals surface area contributed by atoms with Crippen LogP contribution in [0.15, 0.2) is 66.9 Å². The Hall–Kier alpha value is -3.10. The molecule has 10 heteroatoms. The third-order valence-corrected chi connectivity index (χ3v) is 8.51. The lowest BCUT2D eigenvalue weighted by atomic mass is 9.96. The van der Waals surface area contributed by atoms with Gasteiger partial charge in [-0.3, -0.25) is 9.78 Å². The van der Waals surface area contributed by atoms with Crippen LogP contribution in [0, 0.1) is 19.8 Å². The Morgan fingerprint density at radius 1 is 1.02 bits per heavy atom. The molecule has 40 heavy (non-hydrogen) atoms. The predicted molar refractivity (Wildman–Crippen MR) is 168 cm³/mol. The number of hydrogen-bond donors (Lipinski definition) is 2. The third kappa shape index (κ3) is 5.19. The summed E-state index contributed by atoms with van der Waals surface area (Å²) in [4.78, 5) is 19.0. The van der Waals surface area contributed by atoms with Crippen LogP contribution in [0.5, 0.6) is 0 Å². The molecular formula is C30H28Cl3N5OS. The van der Waals surface area contributed by atoms with E-state index in [1.165, 1.54) is 0 Å². The minimum absolute atomic E-state index is 0.104. The highest BCUT2D eigenvalue weighted by molar-refractivity contribution is 7.80.